The smallest absolute Gasteiger partial charge is 0.0600 e. The van der Waals surface area contributed by atoms with Crippen molar-refractivity contribution in [3.05, 3.63) is 0 Å². The fraction of sp³-hybridized carbons (Fsp3) is 1.00. The molecule has 1 aliphatic rings. The molecule has 78 valence electrons. The van der Waals surface area contributed by atoms with Gasteiger partial charge < -0.3 is 10.1 Å². The number of rotatable bonds is 4. The molecule has 0 radical (unpaired) electrons. The predicted molar refractivity (Wildman–Crippen MR) is 55.0 cm³/mol. The average Bonchev–Trinajstić information content (AvgIpc) is 1.79. The molecule has 1 fully saturated rings. The molecule has 0 saturated carbocycles. The van der Waals surface area contributed by atoms with Crippen molar-refractivity contribution in [2.24, 2.45) is 0 Å². The first kappa shape index (κ1) is 11.0. The van der Waals surface area contributed by atoms with Crippen LogP contribution >= 0.6 is 0 Å². The molecule has 0 amide bonds. The summed E-state index contributed by atoms with van der Waals surface area (Å²) in [5.41, 5.74) is -0.00129. The van der Waals surface area contributed by atoms with Crippen molar-refractivity contribution in [1.29, 1.82) is 0 Å². The molecule has 1 heterocycles. The van der Waals surface area contributed by atoms with Crippen molar-refractivity contribution >= 4 is 0 Å². The van der Waals surface area contributed by atoms with Crippen molar-refractivity contribution in [1.82, 2.24) is 10.2 Å². The molecular weight excluding hydrogens is 164 g/mol. The summed E-state index contributed by atoms with van der Waals surface area (Å²) in [5.74, 6) is 0. The second-order valence-corrected chi connectivity index (χ2v) is 4.75. The summed E-state index contributed by atoms with van der Waals surface area (Å²) in [4.78, 5) is 2.36. The van der Waals surface area contributed by atoms with Crippen LogP contribution in [0.1, 0.15) is 20.8 Å². The maximum atomic E-state index is 5.66. The van der Waals surface area contributed by atoms with Crippen molar-refractivity contribution < 1.29 is 4.74 Å². The van der Waals surface area contributed by atoms with Gasteiger partial charge in [0.25, 0.3) is 0 Å². The van der Waals surface area contributed by atoms with Crippen molar-refractivity contribution in [3.63, 3.8) is 0 Å². The molecule has 13 heavy (non-hydrogen) atoms. The first-order valence-electron chi connectivity index (χ1n) is 5.04. The van der Waals surface area contributed by atoms with E-state index in [4.69, 9.17) is 4.74 Å². The highest BCUT2D eigenvalue weighted by Gasteiger charge is 2.21. The molecule has 0 aliphatic carbocycles. The van der Waals surface area contributed by atoms with Gasteiger partial charge in [0.05, 0.1) is 12.2 Å². The lowest BCUT2D eigenvalue weighted by Crippen LogP contribution is -2.56. The zero-order chi connectivity index (χ0) is 9.90. The van der Waals surface area contributed by atoms with Gasteiger partial charge in [0.2, 0.25) is 0 Å². The van der Waals surface area contributed by atoms with Crippen LogP contribution in [0.15, 0.2) is 0 Å². The normalized spacial score (nSPS) is 19.2. The van der Waals surface area contributed by atoms with Gasteiger partial charge in [0.1, 0.15) is 0 Å². The molecular formula is C10H22N2O. The Hall–Kier alpha value is -0.120. The highest BCUT2D eigenvalue weighted by Crippen LogP contribution is 2.07. The molecule has 1 saturated heterocycles. The number of nitrogens with zero attached hydrogens (tertiary/aromatic N) is 1. The number of likely N-dealkylation sites (N-methyl/N-ethyl adjacent to an activating group) is 1. The van der Waals surface area contributed by atoms with Crippen LogP contribution in [-0.4, -0.2) is 49.8 Å². The lowest BCUT2D eigenvalue weighted by Gasteiger charge is -2.36. The van der Waals surface area contributed by atoms with E-state index in [1.807, 2.05) is 0 Å². The third-order valence-corrected chi connectivity index (χ3v) is 2.36. The summed E-state index contributed by atoms with van der Waals surface area (Å²) >= 11 is 0. The molecule has 0 aromatic rings. The zero-order valence-corrected chi connectivity index (χ0v) is 9.26. The Morgan fingerprint density at radius 3 is 2.38 bits per heavy atom. The Labute approximate surface area is 81.4 Å². The summed E-state index contributed by atoms with van der Waals surface area (Å²) in [6.07, 6.45) is 0. The first-order valence-corrected chi connectivity index (χ1v) is 5.04. The van der Waals surface area contributed by atoms with E-state index < -0.39 is 0 Å². The van der Waals surface area contributed by atoms with Crippen LogP contribution in [0.2, 0.25) is 0 Å². The highest BCUT2D eigenvalue weighted by molar-refractivity contribution is 4.82. The minimum atomic E-state index is -0.00129. The van der Waals surface area contributed by atoms with Gasteiger partial charge in [-0.3, -0.25) is 4.90 Å². The summed E-state index contributed by atoms with van der Waals surface area (Å²) < 4.78 is 5.66. The molecule has 3 nitrogen and oxygen atoms in total. The van der Waals surface area contributed by atoms with Gasteiger partial charge in [0.15, 0.2) is 0 Å². The SMILES string of the molecule is CN(CCOC(C)(C)C)C1CNC1. The van der Waals surface area contributed by atoms with Gasteiger partial charge in [-0.05, 0) is 27.8 Å². The Kier molecular flexibility index (Phi) is 3.71. The standard InChI is InChI=1S/C10H22N2O/c1-10(2,3)13-6-5-12(4)9-7-11-8-9/h9,11H,5-8H2,1-4H3. The zero-order valence-electron chi connectivity index (χ0n) is 9.26. The van der Waals surface area contributed by atoms with Gasteiger partial charge in [-0.2, -0.15) is 0 Å². The van der Waals surface area contributed by atoms with Gasteiger partial charge >= 0.3 is 0 Å². The summed E-state index contributed by atoms with van der Waals surface area (Å²) in [6, 6.07) is 0.726. The molecule has 0 spiro atoms. The van der Waals surface area contributed by atoms with Crippen LogP contribution in [0, 0.1) is 0 Å². The summed E-state index contributed by atoms with van der Waals surface area (Å²) in [5, 5.41) is 3.27. The lowest BCUT2D eigenvalue weighted by atomic mass is 10.1. The number of nitrogens with one attached hydrogen (secondary N) is 1. The molecule has 0 aromatic heterocycles. The van der Waals surface area contributed by atoms with E-state index in [-0.39, 0.29) is 5.60 Å². The molecule has 1 N–H and O–H groups in total. The van der Waals surface area contributed by atoms with Crippen LogP contribution in [0.25, 0.3) is 0 Å². The van der Waals surface area contributed by atoms with Crippen LogP contribution in [0.3, 0.4) is 0 Å². The van der Waals surface area contributed by atoms with E-state index in [0.717, 1.165) is 32.3 Å². The molecule has 0 bridgehead atoms. The Morgan fingerprint density at radius 1 is 1.38 bits per heavy atom. The van der Waals surface area contributed by atoms with Gasteiger partial charge in [-0.1, -0.05) is 0 Å². The fourth-order valence-electron chi connectivity index (χ4n) is 1.26. The van der Waals surface area contributed by atoms with Crippen LogP contribution in [0.5, 0.6) is 0 Å². The third kappa shape index (κ3) is 4.07. The Bertz CT molecular complexity index is 149. The molecule has 0 atom stereocenters. The van der Waals surface area contributed by atoms with Crippen molar-refractivity contribution in [3.8, 4) is 0 Å². The Balaban J connectivity index is 2.04. The number of hydrogen-bond acceptors (Lipinski definition) is 3. The van der Waals surface area contributed by atoms with E-state index in [2.05, 4.69) is 38.0 Å². The van der Waals surface area contributed by atoms with Gasteiger partial charge in [-0.15, -0.1) is 0 Å². The van der Waals surface area contributed by atoms with E-state index in [1.165, 1.54) is 0 Å². The number of ether oxygens (including phenoxy) is 1. The minimum absolute atomic E-state index is 0.00129. The molecule has 1 rings (SSSR count). The van der Waals surface area contributed by atoms with Gasteiger partial charge in [0, 0.05) is 25.7 Å². The van der Waals surface area contributed by atoms with Crippen LogP contribution < -0.4 is 5.32 Å². The van der Waals surface area contributed by atoms with Crippen molar-refractivity contribution in [2.45, 2.75) is 32.4 Å². The van der Waals surface area contributed by atoms with E-state index in [9.17, 15) is 0 Å². The van der Waals surface area contributed by atoms with Crippen LogP contribution in [-0.2, 0) is 4.74 Å². The second kappa shape index (κ2) is 4.40. The third-order valence-electron chi connectivity index (χ3n) is 2.36. The Morgan fingerprint density at radius 2 is 2.00 bits per heavy atom. The summed E-state index contributed by atoms with van der Waals surface area (Å²) in [7, 11) is 2.16. The maximum absolute atomic E-state index is 5.66. The maximum Gasteiger partial charge on any atom is 0.0600 e. The van der Waals surface area contributed by atoms with Crippen molar-refractivity contribution in [2.75, 3.05) is 33.3 Å². The fourth-order valence-corrected chi connectivity index (χ4v) is 1.26. The minimum Gasteiger partial charge on any atom is -0.375 e. The molecule has 1 aliphatic heterocycles. The molecule has 0 unspecified atom stereocenters. The monoisotopic (exact) mass is 186 g/mol. The summed E-state index contributed by atoms with van der Waals surface area (Å²) in [6.45, 7) is 10.4. The first-order chi connectivity index (χ1) is 5.99. The lowest BCUT2D eigenvalue weighted by molar-refractivity contribution is -0.0167. The topological polar surface area (TPSA) is 24.5 Å². The van der Waals surface area contributed by atoms with E-state index in [0.29, 0.717) is 0 Å². The second-order valence-electron chi connectivity index (χ2n) is 4.75. The van der Waals surface area contributed by atoms with E-state index >= 15 is 0 Å². The number of hydrogen-bond donors (Lipinski definition) is 1. The average molecular weight is 186 g/mol. The van der Waals surface area contributed by atoms with E-state index in [1.54, 1.807) is 0 Å². The quantitative estimate of drug-likeness (QED) is 0.699. The molecule has 3 heteroatoms. The highest BCUT2D eigenvalue weighted by atomic mass is 16.5. The molecule has 0 aromatic carbocycles. The largest absolute Gasteiger partial charge is 0.375 e. The van der Waals surface area contributed by atoms with Crippen LogP contribution in [0.4, 0.5) is 0 Å². The van der Waals surface area contributed by atoms with Gasteiger partial charge in [-0.25, -0.2) is 0 Å². The predicted octanol–water partition coefficient (Wildman–Crippen LogP) is 0.705.